The van der Waals surface area contributed by atoms with Gasteiger partial charge in [-0.05, 0) is 86.4 Å². The van der Waals surface area contributed by atoms with E-state index in [2.05, 4.69) is 11.8 Å². The average Bonchev–Trinajstić information content (AvgIpc) is 3.23. The molecule has 3 atom stereocenters. The van der Waals surface area contributed by atoms with Crippen LogP contribution in [0.5, 0.6) is 23.0 Å². The summed E-state index contributed by atoms with van der Waals surface area (Å²) in [4.78, 5) is 2.26. The second-order valence-electron chi connectivity index (χ2n) is 10.2. The molecule has 3 N–H and O–H groups in total. The van der Waals surface area contributed by atoms with E-state index in [9.17, 15) is 15.3 Å². The Morgan fingerprint density at radius 2 is 1.81 bits per heavy atom. The van der Waals surface area contributed by atoms with Gasteiger partial charge in [0, 0.05) is 30.3 Å². The largest absolute Gasteiger partial charge is 0.508 e. The van der Waals surface area contributed by atoms with Crippen molar-refractivity contribution in [2.24, 2.45) is 0 Å². The van der Waals surface area contributed by atoms with E-state index >= 15 is 0 Å². The predicted molar refractivity (Wildman–Crippen MR) is 140 cm³/mol. The van der Waals surface area contributed by atoms with Gasteiger partial charge in [0.15, 0.2) is 0 Å². The molecular weight excluding hydrogens is 454 g/mol. The van der Waals surface area contributed by atoms with Gasteiger partial charge in [0.2, 0.25) is 0 Å². The normalized spacial score (nSPS) is 22.7. The lowest BCUT2D eigenvalue weighted by Crippen LogP contribution is -2.38. The highest BCUT2D eigenvalue weighted by atomic mass is 16.5. The van der Waals surface area contributed by atoms with Crippen LogP contribution in [0.25, 0.3) is 11.1 Å². The van der Waals surface area contributed by atoms with Gasteiger partial charge in [-0.3, -0.25) is 4.90 Å². The number of aromatic hydroxyl groups is 2. The van der Waals surface area contributed by atoms with E-state index in [0.717, 1.165) is 46.6 Å². The highest BCUT2D eigenvalue weighted by Gasteiger charge is 2.34. The molecule has 0 aromatic heterocycles. The second kappa shape index (κ2) is 9.52. The van der Waals surface area contributed by atoms with E-state index in [0.29, 0.717) is 18.9 Å². The molecule has 0 aliphatic carbocycles. The van der Waals surface area contributed by atoms with Gasteiger partial charge in [0.25, 0.3) is 0 Å². The minimum atomic E-state index is -0.619. The van der Waals surface area contributed by atoms with Crippen molar-refractivity contribution in [1.29, 1.82) is 0 Å². The molecule has 0 saturated carbocycles. The van der Waals surface area contributed by atoms with Gasteiger partial charge in [-0.1, -0.05) is 24.3 Å². The summed E-state index contributed by atoms with van der Waals surface area (Å²) in [7, 11) is 0. The first-order valence-corrected chi connectivity index (χ1v) is 12.4. The number of fused-ring (bicyclic) bond motifs is 1. The van der Waals surface area contributed by atoms with Gasteiger partial charge in [0.1, 0.15) is 35.7 Å². The molecule has 5 rings (SSSR count). The molecule has 0 bridgehead atoms. The van der Waals surface area contributed by atoms with Crippen molar-refractivity contribution >= 4 is 11.1 Å². The molecule has 36 heavy (non-hydrogen) atoms. The Bertz CT molecular complexity index is 1280. The van der Waals surface area contributed by atoms with Gasteiger partial charge in [-0.2, -0.15) is 0 Å². The molecule has 6 heteroatoms. The van der Waals surface area contributed by atoms with Crippen molar-refractivity contribution in [3.8, 4) is 23.0 Å². The summed E-state index contributed by atoms with van der Waals surface area (Å²) in [5, 5.41) is 30.4. The number of allylic oxidation sites excluding steroid dienone is 1. The summed E-state index contributed by atoms with van der Waals surface area (Å²) in [6.07, 6.45) is 0.397. The zero-order valence-electron chi connectivity index (χ0n) is 20.9. The van der Waals surface area contributed by atoms with Crippen LogP contribution in [-0.2, 0) is 0 Å². The van der Waals surface area contributed by atoms with Gasteiger partial charge >= 0.3 is 0 Å². The maximum Gasteiger partial charge on any atom is 0.150 e. The molecule has 2 heterocycles. The Morgan fingerprint density at radius 1 is 1.06 bits per heavy atom. The third-order valence-electron chi connectivity index (χ3n) is 7.21. The van der Waals surface area contributed by atoms with E-state index < -0.39 is 5.60 Å². The lowest BCUT2D eigenvalue weighted by atomic mass is 9.86. The van der Waals surface area contributed by atoms with Crippen molar-refractivity contribution in [3.05, 3.63) is 83.4 Å². The monoisotopic (exact) mass is 487 g/mol. The molecule has 3 aromatic carbocycles. The van der Waals surface area contributed by atoms with Crippen LogP contribution in [0, 0.1) is 0 Å². The quantitative estimate of drug-likeness (QED) is 0.433. The number of ether oxygens (including phenoxy) is 2. The number of phenolic OH excluding ortho intramolecular Hbond substituents is 2. The van der Waals surface area contributed by atoms with E-state index in [-0.39, 0.29) is 23.6 Å². The maximum absolute atomic E-state index is 10.2. The molecule has 1 unspecified atom stereocenters. The van der Waals surface area contributed by atoms with Crippen LogP contribution in [0.3, 0.4) is 0 Å². The summed E-state index contributed by atoms with van der Waals surface area (Å²) in [5.74, 6) is 1.84. The Labute approximate surface area is 212 Å². The molecule has 0 radical (unpaired) electrons. The van der Waals surface area contributed by atoms with Crippen molar-refractivity contribution in [1.82, 2.24) is 4.90 Å². The predicted octanol–water partition coefficient (Wildman–Crippen LogP) is 5.39. The van der Waals surface area contributed by atoms with E-state index in [4.69, 9.17) is 9.47 Å². The lowest BCUT2D eigenvalue weighted by molar-refractivity contribution is 0.0586. The average molecular weight is 488 g/mol. The highest BCUT2D eigenvalue weighted by Crippen LogP contribution is 2.47. The van der Waals surface area contributed by atoms with Crippen LogP contribution in [-0.4, -0.2) is 51.6 Å². The molecule has 188 valence electrons. The minimum Gasteiger partial charge on any atom is -0.508 e. The Kier molecular flexibility index (Phi) is 6.41. The zero-order chi connectivity index (χ0) is 25.4. The first kappa shape index (κ1) is 24.2. The van der Waals surface area contributed by atoms with Crippen molar-refractivity contribution < 1.29 is 24.8 Å². The molecule has 1 saturated heterocycles. The van der Waals surface area contributed by atoms with Crippen LogP contribution >= 0.6 is 0 Å². The van der Waals surface area contributed by atoms with Crippen molar-refractivity contribution in [3.63, 3.8) is 0 Å². The topological polar surface area (TPSA) is 82.4 Å². The number of hydrogen-bond donors (Lipinski definition) is 3. The molecule has 3 aromatic rings. The molecule has 1 fully saturated rings. The number of β-amino-alcohol motifs (C(OH)–C–C–N with tert-alkyl or cyclic N) is 1. The standard InChI is InChI=1S/C30H33NO5/c1-19(31-14-13-30(3,34)18-31)17-35-25-10-7-21(8-11-25)29-28(22-5-4-6-23(32)15-22)20(2)26-16-24(33)9-12-27(26)36-29/h4-12,15-16,19,29,32-34H,13-14,17-18H2,1-3H3/t19-,29?,30-/m0/s1. The van der Waals surface area contributed by atoms with Crippen LogP contribution < -0.4 is 9.47 Å². The lowest BCUT2D eigenvalue weighted by Gasteiger charge is -2.31. The second-order valence-corrected chi connectivity index (χ2v) is 10.2. The number of benzene rings is 3. The fourth-order valence-corrected chi connectivity index (χ4v) is 5.13. The Morgan fingerprint density at radius 3 is 2.50 bits per heavy atom. The van der Waals surface area contributed by atoms with E-state index in [1.54, 1.807) is 30.3 Å². The summed E-state index contributed by atoms with van der Waals surface area (Å²) >= 11 is 0. The van der Waals surface area contributed by atoms with Gasteiger partial charge in [-0.15, -0.1) is 0 Å². The summed E-state index contributed by atoms with van der Waals surface area (Å²) in [5.41, 5.74) is 3.96. The number of nitrogens with zero attached hydrogens (tertiary/aromatic N) is 1. The van der Waals surface area contributed by atoms with Crippen LogP contribution in [0.2, 0.25) is 0 Å². The maximum atomic E-state index is 10.2. The Balaban J connectivity index is 1.39. The van der Waals surface area contributed by atoms with E-state index in [1.807, 2.05) is 50.2 Å². The van der Waals surface area contributed by atoms with Gasteiger partial charge in [0.05, 0.1) is 5.60 Å². The number of hydrogen-bond acceptors (Lipinski definition) is 6. The zero-order valence-corrected chi connectivity index (χ0v) is 20.9. The third-order valence-corrected chi connectivity index (χ3v) is 7.21. The number of rotatable bonds is 6. The molecular formula is C30H33NO5. The number of aliphatic hydroxyl groups is 1. The Hall–Kier alpha value is -3.48. The van der Waals surface area contributed by atoms with Crippen molar-refractivity contribution in [2.75, 3.05) is 19.7 Å². The van der Waals surface area contributed by atoms with Gasteiger partial charge < -0.3 is 24.8 Å². The molecule has 0 amide bonds. The van der Waals surface area contributed by atoms with Gasteiger partial charge in [-0.25, -0.2) is 0 Å². The number of likely N-dealkylation sites (tertiary alicyclic amines) is 1. The van der Waals surface area contributed by atoms with E-state index in [1.165, 1.54) is 0 Å². The summed E-state index contributed by atoms with van der Waals surface area (Å²) in [6, 6.07) is 20.4. The molecule has 0 spiro atoms. The third kappa shape index (κ3) is 4.92. The minimum absolute atomic E-state index is 0.179. The molecule has 6 nitrogen and oxygen atoms in total. The SMILES string of the molecule is CC1=C(c2cccc(O)c2)C(c2ccc(OC[C@H](C)N3CC[C@](C)(O)C3)cc2)Oc2ccc(O)cc21. The molecule has 2 aliphatic heterocycles. The summed E-state index contributed by atoms with van der Waals surface area (Å²) < 4.78 is 12.5. The van der Waals surface area contributed by atoms with Crippen LogP contribution in [0.4, 0.5) is 0 Å². The highest BCUT2D eigenvalue weighted by molar-refractivity contribution is 5.95. The van der Waals surface area contributed by atoms with Crippen LogP contribution in [0.1, 0.15) is 50.0 Å². The fourth-order valence-electron chi connectivity index (χ4n) is 5.13. The molecule has 2 aliphatic rings. The first-order valence-electron chi connectivity index (χ1n) is 12.4. The van der Waals surface area contributed by atoms with Crippen LogP contribution in [0.15, 0.2) is 66.7 Å². The smallest absolute Gasteiger partial charge is 0.150 e. The van der Waals surface area contributed by atoms with Crippen molar-refractivity contribution in [2.45, 2.75) is 44.9 Å². The fraction of sp³-hybridized carbons (Fsp3) is 0.333. The first-order chi connectivity index (χ1) is 17.2. The number of phenols is 2. The summed E-state index contributed by atoms with van der Waals surface area (Å²) in [6.45, 7) is 8.10.